The number of benzene rings is 1. The second kappa shape index (κ2) is 7.28. The van der Waals surface area contributed by atoms with E-state index < -0.39 is 0 Å². The summed E-state index contributed by atoms with van der Waals surface area (Å²) in [5.74, 6) is 1.94. The van der Waals surface area contributed by atoms with Gasteiger partial charge < -0.3 is 15.6 Å². The molecule has 0 aliphatic heterocycles. The van der Waals surface area contributed by atoms with Crippen LogP contribution in [-0.2, 0) is 0 Å². The minimum atomic E-state index is -0.377. The van der Waals surface area contributed by atoms with E-state index in [2.05, 4.69) is 19.9 Å². The van der Waals surface area contributed by atoms with Gasteiger partial charge in [-0.3, -0.25) is 0 Å². The Morgan fingerprint density at radius 2 is 1.95 bits per heavy atom. The smallest absolute Gasteiger partial charge is 0.122 e. The summed E-state index contributed by atoms with van der Waals surface area (Å²) in [6.45, 7) is 4.81. The molecule has 2 unspecified atom stereocenters. The number of aliphatic hydroxyl groups excluding tert-OH is 1. The van der Waals surface area contributed by atoms with E-state index in [1.807, 2.05) is 12.1 Å². The van der Waals surface area contributed by atoms with Crippen molar-refractivity contribution in [3.8, 4) is 5.75 Å². The highest BCUT2D eigenvalue weighted by Crippen LogP contribution is 2.38. The summed E-state index contributed by atoms with van der Waals surface area (Å²) in [7, 11) is 1.68. The van der Waals surface area contributed by atoms with Gasteiger partial charge in [-0.2, -0.15) is 0 Å². The fourth-order valence-electron chi connectivity index (χ4n) is 3.55. The molecule has 0 aromatic heterocycles. The van der Waals surface area contributed by atoms with Crippen molar-refractivity contribution in [2.75, 3.05) is 13.7 Å². The third-order valence-corrected chi connectivity index (χ3v) is 4.99. The van der Waals surface area contributed by atoms with Crippen LogP contribution in [0, 0.1) is 18.8 Å². The van der Waals surface area contributed by atoms with E-state index >= 15 is 0 Å². The molecule has 1 fully saturated rings. The average molecular weight is 291 g/mol. The van der Waals surface area contributed by atoms with E-state index in [-0.39, 0.29) is 12.0 Å². The lowest BCUT2D eigenvalue weighted by Gasteiger charge is -2.34. The van der Waals surface area contributed by atoms with Crippen molar-refractivity contribution in [2.24, 2.45) is 17.6 Å². The Hall–Kier alpha value is -1.06. The Balaban J connectivity index is 2.20. The normalized spacial score (nSPS) is 25.4. The molecule has 0 spiro atoms. The minimum Gasteiger partial charge on any atom is -0.496 e. The second-order valence-corrected chi connectivity index (χ2v) is 6.60. The Labute approximate surface area is 128 Å². The van der Waals surface area contributed by atoms with Crippen molar-refractivity contribution >= 4 is 0 Å². The van der Waals surface area contributed by atoms with E-state index in [4.69, 9.17) is 10.5 Å². The third-order valence-electron chi connectivity index (χ3n) is 4.99. The molecule has 1 aliphatic carbocycles. The number of nitrogens with two attached hydrogens (primary N) is 1. The zero-order valence-corrected chi connectivity index (χ0v) is 13.5. The number of hydrogen-bond acceptors (Lipinski definition) is 3. The number of methoxy groups -OCH3 is 1. The fourth-order valence-corrected chi connectivity index (χ4v) is 3.55. The first kappa shape index (κ1) is 16.3. The summed E-state index contributed by atoms with van der Waals surface area (Å²) >= 11 is 0. The molecule has 1 aromatic carbocycles. The first-order chi connectivity index (χ1) is 10.1. The number of rotatable bonds is 5. The zero-order valence-electron chi connectivity index (χ0n) is 13.5. The molecule has 118 valence electrons. The maximum Gasteiger partial charge on any atom is 0.122 e. The maximum atomic E-state index is 10.8. The minimum absolute atomic E-state index is 0.0433. The summed E-state index contributed by atoms with van der Waals surface area (Å²) < 4.78 is 5.47. The van der Waals surface area contributed by atoms with E-state index in [0.717, 1.165) is 30.1 Å². The Bertz CT molecular complexity index is 453. The summed E-state index contributed by atoms with van der Waals surface area (Å²) in [6, 6.07) is 6.11. The predicted molar refractivity (Wildman–Crippen MR) is 86.7 cm³/mol. The van der Waals surface area contributed by atoms with Crippen LogP contribution in [0.1, 0.15) is 49.7 Å². The quantitative estimate of drug-likeness (QED) is 0.875. The summed E-state index contributed by atoms with van der Waals surface area (Å²) in [6.07, 6.45) is 4.26. The highest BCUT2D eigenvalue weighted by atomic mass is 16.5. The largest absolute Gasteiger partial charge is 0.496 e. The SMILES string of the molecule is COc1ccc(C)cc1C(CN)C(O)C1CCC(C)CC1. The van der Waals surface area contributed by atoms with E-state index in [1.54, 1.807) is 7.11 Å². The van der Waals surface area contributed by atoms with Gasteiger partial charge in [0.25, 0.3) is 0 Å². The molecule has 3 heteroatoms. The zero-order chi connectivity index (χ0) is 15.4. The van der Waals surface area contributed by atoms with Gasteiger partial charge in [0, 0.05) is 18.0 Å². The van der Waals surface area contributed by atoms with E-state index in [0.29, 0.717) is 12.5 Å². The fraction of sp³-hybridized carbons (Fsp3) is 0.667. The molecule has 0 amide bonds. The first-order valence-electron chi connectivity index (χ1n) is 8.09. The Morgan fingerprint density at radius 1 is 1.29 bits per heavy atom. The standard InChI is InChI=1S/C18H29NO2/c1-12-4-7-14(8-5-12)18(20)16(11-19)15-10-13(2)6-9-17(15)21-3/h6,9-10,12,14,16,18,20H,4-5,7-8,11,19H2,1-3H3. The second-order valence-electron chi connectivity index (χ2n) is 6.60. The molecule has 3 N–H and O–H groups in total. The molecule has 0 saturated heterocycles. The monoisotopic (exact) mass is 291 g/mol. The van der Waals surface area contributed by atoms with Crippen LogP contribution in [0.3, 0.4) is 0 Å². The van der Waals surface area contributed by atoms with Crippen molar-refractivity contribution in [1.82, 2.24) is 0 Å². The van der Waals surface area contributed by atoms with Crippen molar-refractivity contribution in [2.45, 2.75) is 51.6 Å². The Kier molecular flexibility index (Phi) is 5.65. The van der Waals surface area contributed by atoms with Crippen LogP contribution in [0.25, 0.3) is 0 Å². The lowest BCUT2D eigenvalue weighted by Crippen LogP contribution is -2.34. The van der Waals surface area contributed by atoms with Gasteiger partial charge >= 0.3 is 0 Å². The van der Waals surface area contributed by atoms with Crippen LogP contribution in [0.5, 0.6) is 5.75 Å². The van der Waals surface area contributed by atoms with Crippen LogP contribution < -0.4 is 10.5 Å². The molecule has 21 heavy (non-hydrogen) atoms. The summed E-state index contributed by atoms with van der Waals surface area (Å²) in [5, 5.41) is 10.8. The highest BCUT2D eigenvalue weighted by molar-refractivity contribution is 5.40. The number of aryl methyl sites for hydroxylation is 1. The van der Waals surface area contributed by atoms with Gasteiger partial charge in [-0.05, 0) is 37.7 Å². The lowest BCUT2D eigenvalue weighted by atomic mass is 9.75. The molecule has 0 radical (unpaired) electrons. The lowest BCUT2D eigenvalue weighted by molar-refractivity contribution is 0.0542. The first-order valence-corrected chi connectivity index (χ1v) is 8.09. The Morgan fingerprint density at radius 3 is 2.52 bits per heavy atom. The summed E-state index contributed by atoms with van der Waals surface area (Å²) in [4.78, 5) is 0. The maximum absolute atomic E-state index is 10.8. The molecule has 0 bridgehead atoms. The third kappa shape index (κ3) is 3.78. The van der Waals surface area contributed by atoms with Gasteiger partial charge in [0.2, 0.25) is 0 Å². The van der Waals surface area contributed by atoms with Crippen molar-refractivity contribution < 1.29 is 9.84 Å². The molecule has 2 rings (SSSR count). The highest BCUT2D eigenvalue weighted by Gasteiger charge is 2.32. The van der Waals surface area contributed by atoms with Crippen LogP contribution in [0.4, 0.5) is 0 Å². The van der Waals surface area contributed by atoms with Gasteiger partial charge in [0.15, 0.2) is 0 Å². The molecule has 1 aliphatic rings. The van der Waals surface area contributed by atoms with Crippen molar-refractivity contribution in [3.63, 3.8) is 0 Å². The van der Waals surface area contributed by atoms with Gasteiger partial charge in [0.05, 0.1) is 13.2 Å². The predicted octanol–water partition coefficient (Wildman–Crippen LogP) is 3.23. The van der Waals surface area contributed by atoms with Gasteiger partial charge in [0.1, 0.15) is 5.75 Å². The molecule has 3 nitrogen and oxygen atoms in total. The number of hydrogen-bond donors (Lipinski definition) is 2. The number of ether oxygens (including phenoxy) is 1. The van der Waals surface area contributed by atoms with Gasteiger partial charge in [-0.1, -0.05) is 37.5 Å². The van der Waals surface area contributed by atoms with Crippen LogP contribution in [-0.4, -0.2) is 24.9 Å². The number of aliphatic hydroxyl groups is 1. The molecule has 2 atom stereocenters. The van der Waals surface area contributed by atoms with E-state index in [1.165, 1.54) is 18.4 Å². The molecule has 1 aromatic rings. The van der Waals surface area contributed by atoms with Crippen LogP contribution >= 0.6 is 0 Å². The van der Waals surface area contributed by atoms with Gasteiger partial charge in [-0.15, -0.1) is 0 Å². The molecule has 0 heterocycles. The van der Waals surface area contributed by atoms with E-state index in [9.17, 15) is 5.11 Å². The van der Waals surface area contributed by atoms with Crippen LogP contribution in [0.15, 0.2) is 18.2 Å². The molecular formula is C18H29NO2. The van der Waals surface area contributed by atoms with Crippen molar-refractivity contribution in [3.05, 3.63) is 29.3 Å². The topological polar surface area (TPSA) is 55.5 Å². The molecular weight excluding hydrogens is 262 g/mol. The molecule has 1 saturated carbocycles. The van der Waals surface area contributed by atoms with Crippen LogP contribution in [0.2, 0.25) is 0 Å². The van der Waals surface area contributed by atoms with Crippen molar-refractivity contribution in [1.29, 1.82) is 0 Å². The average Bonchev–Trinajstić information content (AvgIpc) is 2.49. The van der Waals surface area contributed by atoms with Gasteiger partial charge in [-0.25, -0.2) is 0 Å². The summed E-state index contributed by atoms with van der Waals surface area (Å²) in [5.41, 5.74) is 8.22.